The number of benzene rings is 18. The second kappa shape index (κ2) is 30.4. The lowest BCUT2D eigenvalue weighted by atomic mass is 9.79. The van der Waals surface area contributed by atoms with Gasteiger partial charge in [-0.05, 0) is 177 Å². The number of thiophene rings is 3. The van der Waals surface area contributed by atoms with Crippen molar-refractivity contribution in [3.63, 3.8) is 0 Å². The molecule has 530 valence electrons. The number of fused-ring (bicyclic) bond motifs is 26. The summed E-state index contributed by atoms with van der Waals surface area (Å²) in [5.74, 6) is 0. The van der Waals surface area contributed by atoms with Crippen molar-refractivity contribution < 1.29 is 19.9 Å². The van der Waals surface area contributed by atoms with Gasteiger partial charge in [-0.3, -0.25) is 20.2 Å². The van der Waals surface area contributed by atoms with Gasteiger partial charge in [0.2, 0.25) is 0 Å². The molecule has 2 N–H and O–H groups in total. The molecule has 21 aromatic rings. The molecular weight excluding hydrogens is 1510 g/mol. The van der Waals surface area contributed by atoms with Gasteiger partial charge >= 0.3 is 7.12 Å². The monoisotopic (exact) mass is 1570 g/mol. The van der Waals surface area contributed by atoms with Gasteiger partial charge in [0.25, 0.3) is 11.4 Å². The molecule has 0 fully saturated rings. The number of nitro benzene ring substituents is 2. The molecule has 111 heavy (non-hydrogen) atoms. The van der Waals surface area contributed by atoms with Crippen LogP contribution in [0.2, 0.25) is 0 Å². The van der Waals surface area contributed by atoms with Crippen LogP contribution in [0.3, 0.4) is 0 Å². The first-order chi connectivity index (χ1) is 54.5. The molecule has 0 radical (unpaired) electrons. The van der Waals surface area contributed by atoms with Crippen LogP contribution in [0.25, 0.3) is 147 Å². The topological polar surface area (TPSA) is 127 Å². The number of rotatable bonds is 7. The van der Waals surface area contributed by atoms with Gasteiger partial charge in [0.1, 0.15) is 0 Å². The van der Waals surface area contributed by atoms with Crippen LogP contribution < -0.4 is 21.4 Å². The van der Waals surface area contributed by atoms with E-state index in [4.69, 9.17) is 10.0 Å². The number of nitro groups is 2. The van der Waals surface area contributed by atoms with Gasteiger partial charge in [0, 0.05) is 77.1 Å². The molecule has 1 aliphatic rings. The van der Waals surface area contributed by atoms with Crippen LogP contribution in [0.4, 0.5) is 11.4 Å². The Labute approximate surface area is 660 Å². The highest BCUT2D eigenvalue weighted by Crippen LogP contribution is 2.51. The predicted octanol–water partition coefficient (Wildman–Crippen LogP) is 25.7. The Balaban J connectivity index is 0.0000000999. The van der Waals surface area contributed by atoms with Gasteiger partial charge < -0.3 is 10.0 Å². The van der Waals surface area contributed by atoms with Gasteiger partial charge in [0.15, 0.2) is 0 Å². The van der Waals surface area contributed by atoms with Crippen LogP contribution in [-0.2, 0) is 6.42 Å². The molecule has 0 bridgehead atoms. The van der Waals surface area contributed by atoms with E-state index in [1.807, 2.05) is 46.9 Å². The number of para-hydroxylation sites is 2. The maximum absolute atomic E-state index is 11.7. The zero-order valence-electron chi connectivity index (χ0n) is 59.3. The first-order valence-corrected chi connectivity index (χ1v) is 40.9. The Morgan fingerprint density at radius 3 is 1.20 bits per heavy atom. The van der Waals surface area contributed by atoms with Crippen molar-refractivity contribution in [3.05, 3.63) is 394 Å². The van der Waals surface area contributed by atoms with Crippen LogP contribution >= 0.6 is 57.9 Å². The largest absolute Gasteiger partial charge is 0.495 e. The van der Waals surface area contributed by atoms with Gasteiger partial charge in [-0.2, -0.15) is 0 Å². The molecule has 0 saturated carbocycles. The van der Waals surface area contributed by atoms with E-state index in [0.29, 0.717) is 5.56 Å². The molecule has 0 atom stereocenters. The molecule has 3 aromatic heterocycles. The first kappa shape index (κ1) is 70.5. The van der Waals surface area contributed by atoms with Crippen molar-refractivity contribution in [2.24, 2.45) is 0 Å². The summed E-state index contributed by atoms with van der Waals surface area (Å²) in [4.78, 5) is 21.0. The fourth-order valence-electron chi connectivity index (χ4n) is 16.1. The van der Waals surface area contributed by atoms with E-state index in [0.717, 1.165) is 32.6 Å². The van der Waals surface area contributed by atoms with E-state index in [1.54, 1.807) is 23.5 Å². The summed E-state index contributed by atoms with van der Waals surface area (Å²) in [6.45, 7) is 0. The van der Waals surface area contributed by atoms with E-state index in [-0.39, 0.29) is 21.8 Å². The maximum Gasteiger partial charge on any atom is 0.495 e. The third kappa shape index (κ3) is 13.1. The van der Waals surface area contributed by atoms with Crippen LogP contribution in [0.5, 0.6) is 0 Å². The SMILES string of the molecule is Brc1cc2ccc3sc4ccccc4c3c2c2ccccc12.O=[N+]([O-])c1ccccc1-c1cc2ccc3sc4ccccc4c3c2c2ccccc12.O=[N+]([O-])c1ccccc1B(O)O.c1ccc(P(c2ccccc2)c2ccccc2)cc1.c1ccc2c(c1)Cc1c-2c2ccccc2c2c1ccc1sc3ccccc3c12. The third-order valence-electron chi connectivity index (χ3n) is 20.8. The number of nitrogens with zero attached hydrogens (tertiary/aromatic N) is 2. The minimum absolute atomic E-state index is 0.0949. The molecule has 14 heteroatoms. The van der Waals surface area contributed by atoms with Crippen molar-refractivity contribution in [3.8, 4) is 22.3 Å². The van der Waals surface area contributed by atoms with Crippen LogP contribution in [0.15, 0.2) is 362 Å². The van der Waals surface area contributed by atoms with Gasteiger partial charge in [0.05, 0.1) is 20.9 Å². The molecule has 0 amide bonds. The van der Waals surface area contributed by atoms with Gasteiger partial charge in [-0.1, -0.05) is 307 Å². The van der Waals surface area contributed by atoms with Crippen LogP contribution in [0, 0.1) is 20.2 Å². The number of hydrogen-bond donors (Lipinski definition) is 2. The first-order valence-electron chi connectivity index (χ1n) is 36.3. The molecular formula is C97H63BBrN2O6PS3. The molecule has 0 unspecified atom stereocenters. The van der Waals surface area contributed by atoms with E-state index in [2.05, 4.69) is 313 Å². The number of halogens is 1. The Hall–Kier alpha value is -12.1. The average Bonchev–Trinajstić information content (AvgIpc) is 1.58. The summed E-state index contributed by atoms with van der Waals surface area (Å²) in [5.41, 5.74) is 7.08. The highest BCUT2D eigenvalue weighted by Gasteiger charge is 2.27. The van der Waals surface area contributed by atoms with Crippen molar-refractivity contribution in [1.82, 2.24) is 0 Å². The number of hydrogen-bond acceptors (Lipinski definition) is 9. The zero-order valence-corrected chi connectivity index (χ0v) is 64.2. The Kier molecular flexibility index (Phi) is 19.3. The van der Waals surface area contributed by atoms with Gasteiger partial charge in [-0.25, -0.2) is 0 Å². The summed E-state index contributed by atoms with van der Waals surface area (Å²) in [7, 11) is -2.25. The summed E-state index contributed by atoms with van der Waals surface area (Å²) >= 11 is 9.31. The van der Waals surface area contributed by atoms with E-state index >= 15 is 0 Å². The molecule has 8 nitrogen and oxygen atoms in total. The zero-order chi connectivity index (χ0) is 75.2. The highest BCUT2D eigenvalue weighted by molar-refractivity contribution is 9.10. The minimum atomic E-state index is -1.80. The lowest BCUT2D eigenvalue weighted by Gasteiger charge is -2.18. The van der Waals surface area contributed by atoms with Crippen molar-refractivity contribution in [2.45, 2.75) is 6.42 Å². The van der Waals surface area contributed by atoms with Crippen LogP contribution in [0.1, 0.15) is 11.1 Å². The Bertz CT molecular complexity index is 7130. The lowest BCUT2D eigenvalue weighted by molar-refractivity contribution is -0.384. The molecule has 0 aliphatic heterocycles. The second-order valence-corrected chi connectivity index (χ2v) is 33.5. The summed E-state index contributed by atoms with van der Waals surface area (Å²) in [6, 6.07) is 123. The quantitative estimate of drug-likeness (QED) is 0.0538. The van der Waals surface area contributed by atoms with Crippen molar-refractivity contribution in [1.29, 1.82) is 0 Å². The fourth-order valence-corrected chi connectivity index (χ4v) is 22.3. The van der Waals surface area contributed by atoms with E-state index < -0.39 is 20.0 Å². The molecule has 22 rings (SSSR count). The summed E-state index contributed by atoms with van der Waals surface area (Å²) in [5, 5.41) is 67.0. The minimum Gasteiger partial charge on any atom is -0.423 e. The second-order valence-electron chi connectivity index (χ2n) is 27.1. The lowest BCUT2D eigenvalue weighted by Crippen LogP contribution is -2.31. The summed E-state index contributed by atoms with van der Waals surface area (Å²) in [6.07, 6.45) is 1.03. The van der Waals surface area contributed by atoms with E-state index in [1.165, 1.54) is 171 Å². The van der Waals surface area contributed by atoms with Gasteiger partial charge in [-0.15, -0.1) is 34.0 Å². The maximum atomic E-state index is 11.7. The van der Waals surface area contributed by atoms with Crippen LogP contribution in [-0.4, -0.2) is 27.0 Å². The third-order valence-corrected chi connectivity index (χ3v) is 27.3. The molecule has 3 heterocycles. The van der Waals surface area contributed by atoms with E-state index in [9.17, 15) is 20.2 Å². The fraction of sp³-hybridized carbons (Fsp3) is 0.0103. The van der Waals surface area contributed by atoms with Crippen molar-refractivity contribution >= 4 is 223 Å². The Morgan fingerprint density at radius 2 is 0.694 bits per heavy atom. The molecule has 1 aliphatic carbocycles. The van der Waals surface area contributed by atoms with Crippen molar-refractivity contribution in [2.75, 3.05) is 0 Å². The predicted molar refractivity (Wildman–Crippen MR) is 479 cm³/mol. The highest BCUT2D eigenvalue weighted by atomic mass is 79.9. The standard InChI is InChI=1S/C27H16S.C26H15NO2S.C20H11BrS.C18H15P.C6H6BNO4/c1-2-8-17-16(7-1)15-22-20-13-14-24-27(21-11-5-6-12-23(21)28-24)26(20)19-10-4-3-9-18(19)25(17)22;28-27(29)22-11-5-3-8-18(22)21-15-16-13-14-24-26(20-10-4-6-12-23(20)30-24)25(16)19-9-2-1-7-17(19)21;21-16-11-12-9-10-18-20(15-7-3-4-8-17(15)22-18)19(12)14-6-2-1-5-13(14)16;1-4-10-16(11-5-1)19(17-12-6-2-7-13-17)18-14-8-3-9-15-18;9-7(10)5-3-1-2-4-6(5)8(11)12/h1-14H,15H2;1-15H;1-11H;1-15H;1-4,9-10H. The molecule has 0 saturated heterocycles. The Morgan fingerprint density at radius 1 is 0.315 bits per heavy atom. The summed E-state index contributed by atoms with van der Waals surface area (Å²) < 4.78 is 9.17. The smallest absolute Gasteiger partial charge is 0.423 e. The molecule has 18 aromatic carbocycles. The normalized spacial score (nSPS) is 11.6. The average molecular weight is 1570 g/mol. The molecule has 0 spiro atoms.